The van der Waals surface area contributed by atoms with E-state index in [4.69, 9.17) is 14.2 Å². The number of benzene rings is 2. The number of aryl methyl sites for hydroxylation is 1. The van der Waals surface area contributed by atoms with Gasteiger partial charge in [-0.15, -0.1) is 0 Å². The number of carbonyl (C=O) groups excluding carboxylic acids is 1. The largest absolute Gasteiger partial charge is 0.493 e. The first-order valence-corrected chi connectivity index (χ1v) is 9.61. The van der Waals surface area contributed by atoms with Crippen LogP contribution in [0.25, 0.3) is 0 Å². The maximum atomic E-state index is 12.4. The summed E-state index contributed by atoms with van der Waals surface area (Å²) in [6.07, 6.45) is 0.943. The molecule has 2 aromatic carbocycles. The number of amides is 1. The third-order valence-corrected chi connectivity index (χ3v) is 4.96. The van der Waals surface area contributed by atoms with Crippen molar-refractivity contribution in [3.8, 4) is 17.2 Å². The molecule has 5 nitrogen and oxygen atoms in total. The molecule has 0 saturated carbocycles. The first-order chi connectivity index (χ1) is 13.5. The molecule has 0 spiro atoms. The van der Waals surface area contributed by atoms with Crippen molar-refractivity contribution < 1.29 is 19.0 Å². The van der Waals surface area contributed by atoms with Crippen LogP contribution in [-0.4, -0.2) is 33.8 Å². The Bertz CT molecular complexity index is 759. The summed E-state index contributed by atoms with van der Waals surface area (Å²) in [7, 11) is 4.75. The van der Waals surface area contributed by atoms with Crippen molar-refractivity contribution in [1.29, 1.82) is 0 Å². The van der Waals surface area contributed by atoms with Crippen molar-refractivity contribution >= 4 is 5.91 Å². The zero-order valence-electron chi connectivity index (χ0n) is 17.5. The lowest BCUT2D eigenvalue weighted by atomic mass is 9.88. The highest BCUT2D eigenvalue weighted by Crippen LogP contribution is 2.40. The lowest BCUT2D eigenvalue weighted by Crippen LogP contribution is -2.30. The zero-order valence-corrected chi connectivity index (χ0v) is 17.5. The number of methoxy groups -OCH3 is 3. The number of ether oxygens (including phenoxy) is 3. The summed E-state index contributed by atoms with van der Waals surface area (Å²) in [5.74, 6) is 2.52. The Hall–Kier alpha value is -2.69. The monoisotopic (exact) mass is 385 g/mol. The molecular weight excluding hydrogens is 354 g/mol. The van der Waals surface area contributed by atoms with Crippen LogP contribution in [0.3, 0.4) is 0 Å². The van der Waals surface area contributed by atoms with E-state index in [0.29, 0.717) is 48.5 Å². The predicted molar refractivity (Wildman–Crippen MR) is 111 cm³/mol. The average molecular weight is 386 g/mol. The lowest BCUT2D eigenvalue weighted by molar-refractivity contribution is -0.121. The zero-order chi connectivity index (χ0) is 20.5. The SMILES string of the molecule is COc1ccc(CCC(=O)NCC(c2ccccc2)C(C)C)c(OC)c1OC. The van der Waals surface area contributed by atoms with E-state index in [1.807, 2.05) is 30.3 Å². The van der Waals surface area contributed by atoms with Gasteiger partial charge in [-0.05, 0) is 29.5 Å². The third kappa shape index (κ3) is 5.41. The minimum atomic E-state index is 0.0263. The Morgan fingerprint density at radius 1 is 0.929 bits per heavy atom. The molecular formula is C23H31NO4. The number of hydrogen-bond acceptors (Lipinski definition) is 4. The van der Waals surface area contributed by atoms with E-state index in [-0.39, 0.29) is 5.91 Å². The van der Waals surface area contributed by atoms with E-state index in [1.165, 1.54) is 5.56 Å². The van der Waals surface area contributed by atoms with Crippen LogP contribution >= 0.6 is 0 Å². The standard InChI is InChI=1S/C23H31NO4/c1-16(2)19(17-9-7-6-8-10-17)15-24-21(25)14-12-18-11-13-20(26-3)23(28-5)22(18)27-4/h6-11,13,16,19H,12,14-15H2,1-5H3,(H,24,25). The number of hydrogen-bond donors (Lipinski definition) is 1. The van der Waals surface area contributed by atoms with Crippen LogP contribution in [0.5, 0.6) is 17.2 Å². The van der Waals surface area contributed by atoms with Gasteiger partial charge in [0.2, 0.25) is 11.7 Å². The normalized spacial score (nSPS) is 11.8. The molecule has 0 aliphatic rings. The molecule has 2 aromatic rings. The number of carbonyl (C=O) groups is 1. The quantitative estimate of drug-likeness (QED) is 0.666. The van der Waals surface area contributed by atoms with Crippen LogP contribution in [0.1, 0.15) is 37.3 Å². The minimum Gasteiger partial charge on any atom is -0.493 e. The van der Waals surface area contributed by atoms with Crippen molar-refractivity contribution in [2.24, 2.45) is 5.92 Å². The Morgan fingerprint density at radius 2 is 1.61 bits per heavy atom. The molecule has 5 heteroatoms. The van der Waals surface area contributed by atoms with Gasteiger partial charge in [0.25, 0.3) is 0 Å². The van der Waals surface area contributed by atoms with Gasteiger partial charge in [-0.3, -0.25) is 4.79 Å². The van der Waals surface area contributed by atoms with Crippen molar-refractivity contribution in [3.05, 3.63) is 53.6 Å². The fourth-order valence-corrected chi connectivity index (χ4v) is 3.36. The molecule has 0 aliphatic carbocycles. The summed E-state index contributed by atoms with van der Waals surface area (Å²) in [6.45, 7) is 4.99. The number of rotatable bonds is 10. The average Bonchev–Trinajstić information content (AvgIpc) is 2.71. The maximum absolute atomic E-state index is 12.4. The molecule has 1 unspecified atom stereocenters. The summed E-state index contributed by atoms with van der Waals surface area (Å²) in [5.41, 5.74) is 2.16. The fourth-order valence-electron chi connectivity index (χ4n) is 3.36. The van der Waals surface area contributed by atoms with Crippen molar-refractivity contribution in [2.75, 3.05) is 27.9 Å². The highest BCUT2D eigenvalue weighted by Gasteiger charge is 2.18. The van der Waals surface area contributed by atoms with Crippen LogP contribution < -0.4 is 19.5 Å². The van der Waals surface area contributed by atoms with Crippen LogP contribution in [0.2, 0.25) is 0 Å². The second-order valence-electron chi connectivity index (χ2n) is 7.06. The van der Waals surface area contributed by atoms with E-state index in [9.17, 15) is 4.79 Å². The highest BCUT2D eigenvalue weighted by molar-refractivity contribution is 5.76. The first kappa shape index (κ1) is 21.6. The maximum Gasteiger partial charge on any atom is 0.220 e. The molecule has 152 valence electrons. The lowest BCUT2D eigenvalue weighted by Gasteiger charge is -2.22. The van der Waals surface area contributed by atoms with Gasteiger partial charge in [0.1, 0.15) is 0 Å². The van der Waals surface area contributed by atoms with Gasteiger partial charge < -0.3 is 19.5 Å². The van der Waals surface area contributed by atoms with Gasteiger partial charge in [0.15, 0.2) is 11.5 Å². The summed E-state index contributed by atoms with van der Waals surface area (Å²) >= 11 is 0. The Kier molecular flexibility index (Phi) is 8.18. The molecule has 0 saturated heterocycles. The Balaban J connectivity index is 1.99. The Morgan fingerprint density at radius 3 is 2.18 bits per heavy atom. The molecule has 1 amide bonds. The van der Waals surface area contributed by atoms with Gasteiger partial charge in [-0.2, -0.15) is 0 Å². The minimum absolute atomic E-state index is 0.0263. The van der Waals surface area contributed by atoms with Gasteiger partial charge in [-0.25, -0.2) is 0 Å². The van der Waals surface area contributed by atoms with Crippen LogP contribution in [-0.2, 0) is 11.2 Å². The molecule has 28 heavy (non-hydrogen) atoms. The summed E-state index contributed by atoms with van der Waals surface area (Å²) < 4.78 is 16.2. The van der Waals surface area contributed by atoms with Crippen LogP contribution in [0.15, 0.2) is 42.5 Å². The molecule has 0 heterocycles. The van der Waals surface area contributed by atoms with Crippen molar-refractivity contribution in [2.45, 2.75) is 32.6 Å². The molecule has 0 aromatic heterocycles. The van der Waals surface area contributed by atoms with Gasteiger partial charge >= 0.3 is 0 Å². The summed E-state index contributed by atoms with van der Waals surface area (Å²) in [6, 6.07) is 14.1. The number of nitrogens with one attached hydrogen (secondary N) is 1. The van der Waals surface area contributed by atoms with E-state index < -0.39 is 0 Å². The van der Waals surface area contributed by atoms with E-state index in [0.717, 1.165) is 5.56 Å². The van der Waals surface area contributed by atoms with Crippen molar-refractivity contribution in [1.82, 2.24) is 5.32 Å². The molecule has 2 rings (SSSR count). The molecule has 1 atom stereocenters. The van der Waals surface area contributed by atoms with Gasteiger partial charge in [0, 0.05) is 18.9 Å². The molecule has 0 aliphatic heterocycles. The third-order valence-electron chi connectivity index (χ3n) is 4.96. The van der Waals surface area contributed by atoms with E-state index in [1.54, 1.807) is 21.3 Å². The molecule has 0 fully saturated rings. The Labute approximate surface area is 168 Å². The summed E-state index contributed by atoms with van der Waals surface area (Å²) in [5, 5.41) is 3.09. The predicted octanol–water partition coefficient (Wildman–Crippen LogP) is 4.20. The molecule has 0 bridgehead atoms. The first-order valence-electron chi connectivity index (χ1n) is 9.61. The molecule has 0 radical (unpaired) electrons. The fraction of sp³-hybridized carbons (Fsp3) is 0.435. The van der Waals surface area contributed by atoms with Crippen LogP contribution in [0.4, 0.5) is 0 Å². The van der Waals surface area contributed by atoms with Gasteiger partial charge in [0.05, 0.1) is 21.3 Å². The van der Waals surface area contributed by atoms with E-state index >= 15 is 0 Å². The van der Waals surface area contributed by atoms with E-state index in [2.05, 4.69) is 31.3 Å². The smallest absolute Gasteiger partial charge is 0.220 e. The highest BCUT2D eigenvalue weighted by atomic mass is 16.5. The summed E-state index contributed by atoms with van der Waals surface area (Å²) in [4.78, 5) is 12.4. The van der Waals surface area contributed by atoms with Crippen molar-refractivity contribution in [3.63, 3.8) is 0 Å². The second kappa shape index (κ2) is 10.6. The second-order valence-corrected chi connectivity index (χ2v) is 7.06. The molecule has 1 N–H and O–H groups in total. The van der Waals surface area contributed by atoms with Gasteiger partial charge in [-0.1, -0.05) is 50.2 Å². The van der Waals surface area contributed by atoms with Crippen LogP contribution in [0, 0.1) is 5.92 Å². The topological polar surface area (TPSA) is 56.8 Å².